The quantitative estimate of drug-likeness (QED) is 0.282. The molecule has 0 aliphatic carbocycles. The first-order chi connectivity index (χ1) is 19.6. The molecule has 0 atom stereocenters. The molecule has 4 rings (SSSR count). The van der Waals surface area contributed by atoms with Crippen LogP contribution in [0.5, 0.6) is 5.75 Å². The molecule has 0 unspecified atom stereocenters. The molecule has 2 amide bonds. The van der Waals surface area contributed by atoms with E-state index in [0.717, 1.165) is 28.0 Å². The van der Waals surface area contributed by atoms with Gasteiger partial charge in [0.15, 0.2) is 11.5 Å². The van der Waals surface area contributed by atoms with Crippen molar-refractivity contribution < 1.29 is 19.1 Å². The Morgan fingerprint density at radius 1 is 1.05 bits per heavy atom. The Bertz CT molecular complexity index is 1470. The maximum absolute atomic E-state index is 12.0. The number of benzene rings is 1. The van der Waals surface area contributed by atoms with Crippen molar-refractivity contribution in [3.05, 3.63) is 60.6 Å². The first kappa shape index (κ1) is 29.2. The summed E-state index contributed by atoms with van der Waals surface area (Å²) in [6, 6.07) is 11.3. The van der Waals surface area contributed by atoms with E-state index in [1.165, 1.54) is 0 Å². The van der Waals surface area contributed by atoms with Crippen LogP contribution in [-0.2, 0) is 22.6 Å². The molecule has 0 fully saturated rings. The molecule has 216 valence electrons. The van der Waals surface area contributed by atoms with E-state index >= 15 is 0 Å². The van der Waals surface area contributed by atoms with Gasteiger partial charge in [0.05, 0.1) is 18.1 Å². The molecule has 1 aromatic carbocycles. The Morgan fingerprint density at radius 2 is 1.83 bits per heavy atom. The predicted octanol–water partition coefficient (Wildman–Crippen LogP) is 3.56. The number of nitrogens with one attached hydrogen (secondary N) is 2. The lowest BCUT2D eigenvalue weighted by molar-refractivity contribution is -0.120. The molecule has 12 nitrogen and oxygen atoms in total. The number of anilines is 1. The smallest absolute Gasteiger partial charge is 0.408 e. The van der Waals surface area contributed by atoms with Crippen LogP contribution < -0.4 is 20.3 Å². The highest BCUT2D eigenvalue weighted by molar-refractivity contribution is 5.88. The van der Waals surface area contributed by atoms with Gasteiger partial charge in [-0.05, 0) is 57.5 Å². The van der Waals surface area contributed by atoms with E-state index in [4.69, 9.17) is 19.4 Å². The molecule has 0 bridgehead atoms. The second-order valence-corrected chi connectivity index (χ2v) is 10.4. The molecule has 0 saturated heterocycles. The average molecular weight is 561 g/mol. The zero-order valence-corrected chi connectivity index (χ0v) is 24.0. The SMILES string of the molecule is CCn1ncc2c(N(C)CCOc3ccc(CNC(=O)CNC(=O)OC(C)(C)C)cc3)nc(-c3cccnc3)nc21. The van der Waals surface area contributed by atoms with Gasteiger partial charge in [0, 0.05) is 38.1 Å². The van der Waals surface area contributed by atoms with E-state index in [2.05, 4.69) is 20.7 Å². The zero-order valence-electron chi connectivity index (χ0n) is 24.0. The van der Waals surface area contributed by atoms with Crippen molar-refractivity contribution in [3.63, 3.8) is 0 Å². The predicted molar refractivity (Wildman–Crippen MR) is 156 cm³/mol. The second-order valence-electron chi connectivity index (χ2n) is 10.4. The van der Waals surface area contributed by atoms with Gasteiger partial charge in [-0.2, -0.15) is 5.10 Å². The molecule has 0 radical (unpaired) electrons. The summed E-state index contributed by atoms with van der Waals surface area (Å²) in [5, 5.41) is 10.6. The van der Waals surface area contributed by atoms with Crippen molar-refractivity contribution in [3.8, 4) is 17.1 Å². The van der Waals surface area contributed by atoms with Crippen LogP contribution >= 0.6 is 0 Å². The molecule has 4 aromatic rings. The van der Waals surface area contributed by atoms with Gasteiger partial charge in [0.1, 0.15) is 30.3 Å². The maximum Gasteiger partial charge on any atom is 0.408 e. The Labute approximate surface area is 239 Å². The number of rotatable bonds is 11. The van der Waals surface area contributed by atoms with Crippen LogP contribution in [0, 0.1) is 0 Å². The lowest BCUT2D eigenvalue weighted by atomic mass is 10.2. The van der Waals surface area contributed by atoms with E-state index in [1.807, 2.05) is 60.0 Å². The minimum absolute atomic E-state index is 0.161. The van der Waals surface area contributed by atoms with Crippen LogP contribution in [0.25, 0.3) is 22.4 Å². The van der Waals surface area contributed by atoms with Gasteiger partial charge < -0.3 is 25.0 Å². The van der Waals surface area contributed by atoms with Crippen LogP contribution in [0.3, 0.4) is 0 Å². The summed E-state index contributed by atoms with van der Waals surface area (Å²) >= 11 is 0. The third-order valence-corrected chi connectivity index (χ3v) is 5.96. The fourth-order valence-corrected chi connectivity index (χ4v) is 3.93. The molecule has 0 aliphatic heterocycles. The van der Waals surface area contributed by atoms with Gasteiger partial charge in [-0.3, -0.25) is 9.78 Å². The number of amides is 2. The largest absolute Gasteiger partial charge is 0.492 e. The number of alkyl carbamates (subject to hydrolysis) is 1. The summed E-state index contributed by atoms with van der Waals surface area (Å²) in [7, 11) is 1.96. The van der Waals surface area contributed by atoms with Crippen molar-refractivity contribution in [2.24, 2.45) is 0 Å². The summed E-state index contributed by atoms with van der Waals surface area (Å²) in [6.45, 7) is 9.18. The first-order valence-corrected chi connectivity index (χ1v) is 13.4. The minimum Gasteiger partial charge on any atom is -0.492 e. The Hall–Kier alpha value is -4.74. The van der Waals surface area contributed by atoms with Crippen molar-refractivity contribution in [2.75, 3.05) is 31.6 Å². The number of hydrogen-bond acceptors (Lipinski definition) is 9. The highest BCUT2D eigenvalue weighted by atomic mass is 16.6. The van der Waals surface area contributed by atoms with Crippen molar-refractivity contribution in [1.29, 1.82) is 0 Å². The summed E-state index contributed by atoms with van der Waals surface area (Å²) in [6.07, 6.45) is 4.63. The van der Waals surface area contributed by atoms with E-state index < -0.39 is 11.7 Å². The van der Waals surface area contributed by atoms with Gasteiger partial charge in [0.25, 0.3) is 0 Å². The van der Waals surface area contributed by atoms with Gasteiger partial charge in [-0.15, -0.1) is 0 Å². The number of nitrogens with zero attached hydrogens (tertiary/aromatic N) is 6. The highest BCUT2D eigenvalue weighted by Gasteiger charge is 2.18. The summed E-state index contributed by atoms with van der Waals surface area (Å²) in [5.74, 6) is 1.76. The van der Waals surface area contributed by atoms with E-state index in [-0.39, 0.29) is 12.5 Å². The van der Waals surface area contributed by atoms with Crippen LogP contribution in [0.1, 0.15) is 33.3 Å². The molecule has 2 N–H and O–H groups in total. The van der Waals surface area contributed by atoms with Crippen molar-refractivity contribution >= 4 is 28.9 Å². The number of carbonyl (C=O) groups is 2. The topological polar surface area (TPSA) is 136 Å². The third-order valence-electron chi connectivity index (χ3n) is 5.96. The van der Waals surface area contributed by atoms with Crippen LogP contribution in [0.4, 0.5) is 10.6 Å². The standard InChI is InChI=1S/C29H36N8O4/c1-6-37-27-23(18-33-37)26(34-25(35-27)21-8-7-13-30-17-21)36(5)14-15-40-22-11-9-20(10-12-22)16-31-24(38)19-32-28(39)41-29(2,3)4/h7-13,17-18H,6,14-16,19H2,1-5H3,(H,31,38)(H,32,39). The molecule has 3 heterocycles. The zero-order chi connectivity index (χ0) is 29.4. The lowest BCUT2D eigenvalue weighted by Gasteiger charge is -2.20. The fourth-order valence-electron chi connectivity index (χ4n) is 3.93. The molecule has 0 saturated carbocycles. The number of aryl methyl sites for hydroxylation is 1. The highest BCUT2D eigenvalue weighted by Crippen LogP contribution is 2.26. The van der Waals surface area contributed by atoms with Gasteiger partial charge >= 0.3 is 6.09 Å². The molecular weight excluding hydrogens is 524 g/mol. The number of pyridine rings is 1. The van der Waals surface area contributed by atoms with Crippen molar-refractivity contribution in [1.82, 2.24) is 35.4 Å². The van der Waals surface area contributed by atoms with Gasteiger partial charge in [-0.1, -0.05) is 12.1 Å². The third kappa shape index (κ3) is 8.13. The summed E-state index contributed by atoms with van der Waals surface area (Å²) in [5.41, 5.74) is 1.89. The van der Waals surface area contributed by atoms with Gasteiger partial charge in [-0.25, -0.2) is 19.4 Å². The molecule has 0 spiro atoms. The molecule has 12 heteroatoms. The number of hydrogen-bond donors (Lipinski definition) is 2. The fraction of sp³-hybridized carbons (Fsp3) is 0.379. The number of aromatic nitrogens is 5. The number of carbonyl (C=O) groups excluding carboxylic acids is 2. The lowest BCUT2D eigenvalue weighted by Crippen LogP contribution is -2.39. The molecular formula is C29H36N8O4. The second kappa shape index (κ2) is 13.1. The van der Waals surface area contributed by atoms with E-state index in [9.17, 15) is 9.59 Å². The maximum atomic E-state index is 12.0. The Morgan fingerprint density at radius 3 is 2.51 bits per heavy atom. The Balaban J connectivity index is 1.30. The number of fused-ring (bicyclic) bond motifs is 1. The number of likely N-dealkylation sites (N-methyl/N-ethyl adjacent to an activating group) is 1. The van der Waals surface area contributed by atoms with Crippen LogP contribution in [0.15, 0.2) is 55.0 Å². The van der Waals surface area contributed by atoms with E-state index in [1.54, 1.807) is 39.4 Å². The summed E-state index contributed by atoms with van der Waals surface area (Å²) in [4.78, 5) is 39.6. The molecule has 0 aliphatic rings. The van der Waals surface area contributed by atoms with E-state index in [0.29, 0.717) is 37.8 Å². The molecule has 41 heavy (non-hydrogen) atoms. The van der Waals surface area contributed by atoms with Crippen LogP contribution in [0.2, 0.25) is 0 Å². The van der Waals surface area contributed by atoms with Crippen LogP contribution in [-0.4, -0.2) is 69.1 Å². The minimum atomic E-state index is -0.631. The molecule has 3 aromatic heterocycles. The monoisotopic (exact) mass is 560 g/mol. The van der Waals surface area contributed by atoms with Gasteiger partial charge in [0.2, 0.25) is 5.91 Å². The first-order valence-electron chi connectivity index (χ1n) is 13.4. The number of ether oxygens (including phenoxy) is 2. The Kier molecular flexibility index (Phi) is 9.33. The normalized spacial score (nSPS) is 11.2. The average Bonchev–Trinajstić information content (AvgIpc) is 3.38. The van der Waals surface area contributed by atoms with Crippen molar-refractivity contribution in [2.45, 2.75) is 46.4 Å². The summed E-state index contributed by atoms with van der Waals surface area (Å²) < 4.78 is 13.0.